The number of hydrogen-bond donors (Lipinski definition) is 4. The number of methoxy groups -OCH3 is 1. The predicted octanol–water partition coefficient (Wildman–Crippen LogP) is 4.40. The van der Waals surface area contributed by atoms with Crippen molar-refractivity contribution in [3.8, 4) is 22.1 Å². The number of anilines is 1. The summed E-state index contributed by atoms with van der Waals surface area (Å²) in [7, 11) is 1.17. The van der Waals surface area contributed by atoms with Crippen molar-refractivity contribution in [3.05, 3.63) is 54.1 Å². The van der Waals surface area contributed by atoms with Crippen molar-refractivity contribution < 1.29 is 23.0 Å². The number of nitrogens with zero attached hydrogens (tertiary/aromatic N) is 2. The first-order valence-corrected chi connectivity index (χ1v) is 10.4. The molecular weight excluding hydrogens is 443 g/mol. The largest absolute Gasteiger partial charge is 0.494 e. The summed E-state index contributed by atoms with van der Waals surface area (Å²) in [6, 6.07) is 6.64. The Morgan fingerprint density at radius 3 is 2.81 bits per heavy atom. The van der Waals surface area contributed by atoms with Crippen molar-refractivity contribution in [2.45, 2.75) is 18.6 Å². The van der Waals surface area contributed by atoms with Gasteiger partial charge in [0.2, 0.25) is 0 Å². The van der Waals surface area contributed by atoms with Crippen LogP contribution in [-0.2, 0) is 12.6 Å². The molecule has 3 heterocycles. The molecular formula is C21H20F3N5O2S. The Balaban J connectivity index is 1.38. The Hall–Kier alpha value is -3.31. The van der Waals surface area contributed by atoms with Gasteiger partial charge in [-0.15, -0.1) is 0 Å². The highest BCUT2D eigenvalue weighted by Crippen LogP contribution is 2.35. The van der Waals surface area contributed by atoms with E-state index in [1.54, 1.807) is 12.4 Å². The van der Waals surface area contributed by atoms with Crippen LogP contribution >= 0.6 is 11.3 Å². The lowest BCUT2D eigenvalue weighted by atomic mass is 10.1. The summed E-state index contributed by atoms with van der Waals surface area (Å²) in [6.45, 7) is 0.376. The van der Waals surface area contributed by atoms with Crippen LogP contribution in [0.2, 0.25) is 0 Å². The van der Waals surface area contributed by atoms with E-state index < -0.39 is 11.9 Å². The quantitative estimate of drug-likeness (QED) is 0.324. The fraction of sp³-hybridized carbons (Fsp3) is 0.238. The summed E-state index contributed by atoms with van der Waals surface area (Å²) >= 11 is 1.45. The van der Waals surface area contributed by atoms with Crippen LogP contribution in [0.4, 0.5) is 18.3 Å². The van der Waals surface area contributed by atoms with Gasteiger partial charge in [-0.3, -0.25) is 0 Å². The first-order chi connectivity index (χ1) is 15.2. The van der Waals surface area contributed by atoms with Crippen molar-refractivity contribution in [1.29, 1.82) is 0 Å². The fourth-order valence-electron chi connectivity index (χ4n) is 3.32. The third kappa shape index (κ3) is 4.63. The number of pyridine rings is 1. The average Bonchev–Trinajstić information content (AvgIpc) is 3.38. The van der Waals surface area contributed by atoms with Gasteiger partial charge in [0.1, 0.15) is 5.75 Å². The van der Waals surface area contributed by atoms with Crippen molar-refractivity contribution in [3.63, 3.8) is 0 Å². The number of benzene rings is 1. The zero-order valence-corrected chi connectivity index (χ0v) is 17.7. The molecule has 168 valence electrons. The van der Waals surface area contributed by atoms with Gasteiger partial charge in [-0.1, -0.05) is 17.4 Å². The molecule has 0 radical (unpaired) electrons. The van der Waals surface area contributed by atoms with E-state index in [-0.39, 0.29) is 17.7 Å². The first-order valence-electron chi connectivity index (χ1n) is 9.60. The lowest BCUT2D eigenvalue weighted by Crippen LogP contribution is -2.31. The van der Waals surface area contributed by atoms with Crippen LogP contribution < -0.4 is 15.8 Å². The lowest BCUT2D eigenvalue weighted by Gasteiger charge is -2.15. The van der Waals surface area contributed by atoms with E-state index in [1.165, 1.54) is 30.7 Å². The number of hydrogen-bond acceptors (Lipinski definition) is 7. The SMILES string of the molecule is COc1cc(C[C@H](N)CNc2ncc(-c3ccc4c(O)[nH]cc4c3)s2)cnc1C(F)(F)F. The minimum absolute atomic E-state index is 0.132. The highest BCUT2D eigenvalue weighted by atomic mass is 32.1. The number of aromatic amines is 1. The van der Waals surface area contributed by atoms with E-state index in [4.69, 9.17) is 10.5 Å². The van der Waals surface area contributed by atoms with Crippen LogP contribution in [0.15, 0.2) is 42.9 Å². The summed E-state index contributed by atoms with van der Waals surface area (Å²) in [4.78, 5) is 11.6. The number of aromatic nitrogens is 3. The van der Waals surface area contributed by atoms with Gasteiger partial charge in [-0.25, -0.2) is 9.97 Å². The minimum atomic E-state index is -4.58. The molecule has 1 atom stereocenters. The van der Waals surface area contributed by atoms with E-state index in [2.05, 4.69) is 20.3 Å². The van der Waals surface area contributed by atoms with E-state index in [1.807, 2.05) is 18.2 Å². The molecule has 0 aliphatic carbocycles. The van der Waals surface area contributed by atoms with Crippen LogP contribution in [-0.4, -0.2) is 39.8 Å². The number of alkyl halides is 3. The van der Waals surface area contributed by atoms with Crippen LogP contribution in [0.1, 0.15) is 11.3 Å². The second-order valence-electron chi connectivity index (χ2n) is 7.21. The number of rotatable bonds is 7. The Kier molecular flexibility index (Phi) is 5.94. The molecule has 11 heteroatoms. The van der Waals surface area contributed by atoms with Gasteiger partial charge in [0, 0.05) is 41.9 Å². The second-order valence-corrected chi connectivity index (χ2v) is 8.24. The number of H-pyrrole nitrogens is 1. The predicted molar refractivity (Wildman–Crippen MR) is 117 cm³/mol. The van der Waals surface area contributed by atoms with Crippen LogP contribution in [0.25, 0.3) is 21.2 Å². The summed E-state index contributed by atoms with van der Waals surface area (Å²) in [6.07, 6.45) is 0.388. The van der Waals surface area contributed by atoms with E-state index in [9.17, 15) is 18.3 Å². The Morgan fingerprint density at radius 1 is 1.25 bits per heavy atom. The molecule has 0 spiro atoms. The van der Waals surface area contributed by atoms with Gasteiger partial charge < -0.3 is 25.9 Å². The van der Waals surface area contributed by atoms with Crippen molar-refractivity contribution in [2.24, 2.45) is 5.73 Å². The summed E-state index contributed by atoms with van der Waals surface area (Å²) in [5, 5.41) is 15.2. The summed E-state index contributed by atoms with van der Waals surface area (Å²) < 4.78 is 43.7. The zero-order valence-electron chi connectivity index (χ0n) is 16.9. The van der Waals surface area contributed by atoms with Gasteiger partial charge in [-0.2, -0.15) is 13.2 Å². The van der Waals surface area contributed by atoms with Gasteiger partial charge in [0.05, 0.1) is 12.0 Å². The maximum absolute atomic E-state index is 12.9. The number of nitrogens with two attached hydrogens (primary N) is 1. The van der Waals surface area contributed by atoms with E-state index in [0.29, 0.717) is 23.7 Å². The maximum atomic E-state index is 12.9. The molecule has 7 nitrogen and oxygen atoms in total. The normalized spacial score (nSPS) is 12.8. The number of fused-ring (bicyclic) bond motifs is 1. The fourth-order valence-corrected chi connectivity index (χ4v) is 4.14. The molecule has 0 saturated carbocycles. The molecule has 4 rings (SSSR count). The highest BCUT2D eigenvalue weighted by molar-refractivity contribution is 7.18. The van der Waals surface area contributed by atoms with Gasteiger partial charge >= 0.3 is 6.18 Å². The van der Waals surface area contributed by atoms with Crippen LogP contribution in [0.5, 0.6) is 11.6 Å². The van der Waals surface area contributed by atoms with Crippen molar-refractivity contribution in [2.75, 3.05) is 19.0 Å². The van der Waals surface area contributed by atoms with Gasteiger partial charge in [-0.05, 0) is 35.7 Å². The highest BCUT2D eigenvalue weighted by Gasteiger charge is 2.36. The molecule has 1 aromatic carbocycles. The molecule has 0 fully saturated rings. The average molecular weight is 463 g/mol. The summed E-state index contributed by atoms with van der Waals surface area (Å²) in [5.41, 5.74) is 6.61. The minimum Gasteiger partial charge on any atom is -0.494 e. The zero-order chi connectivity index (χ0) is 22.9. The molecule has 0 aliphatic rings. The number of ether oxygens (including phenoxy) is 1. The number of aromatic hydroxyl groups is 1. The maximum Gasteiger partial charge on any atom is 0.437 e. The second kappa shape index (κ2) is 8.67. The van der Waals surface area contributed by atoms with Gasteiger partial charge in [0.15, 0.2) is 16.7 Å². The third-order valence-corrected chi connectivity index (χ3v) is 5.88. The first kappa shape index (κ1) is 21.9. The van der Waals surface area contributed by atoms with E-state index in [0.717, 1.165) is 21.2 Å². The molecule has 4 aromatic rings. The standard InChI is InChI=1S/C21H20F3N5O2S/c1-31-16-5-11(7-26-18(16)21(22,23)24)4-14(25)9-28-20-29-10-17(32-20)12-2-3-15-13(6-12)8-27-19(15)30/h2-3,5-8,10,14,27,30H,4,9,25H2,1H3,(H,28,29)/t14-/m0/s1. The van der Waals surface area contributed by atoms with Crippen LogP contribution in [0, 0.1) is 0 Å². The monoisotopic (exact) mass is 463 g/mol. The van der Waals surface area contributed by atoms with Gasteiger partial charge in [0.25, 0.3) is 0 Å². The smallest absolute Gasteiger partial charge is 0.437 e. The lowest BCUT2D eigenvalue weighted by molar-refractivity contribution is -0.142. The number of halogens is 3. The Morgan fingerprint density at radius 2 is 2.06 bits per heavy atom. The van der Waals surface area contributed by atoms with E-state index >= 15 is 0 Å². The molecule has 0 aliphatic heterocycles. The molecule has 0 saturated heterocycles. The third-order valence-electron chi connectivity index (χ3n) is 4.87. The molecule has 5 N–H and O–H groups in total. The Labute approximate surface area is 185 Å². The molecule has 0 unspecified atom stereocenters. The number of thiazole rings is 1. The molecule has 32 heavy (non-hydrogen) atoms. The number of nitrogens with one attached hydrogen (secondary N) is 2. The molecule has 3 aromatic heterocycles. The summed E-state index contributed by atoms with van der Waals surface area (Å²) in [5.74, 6) is -0.194. The molecule has 0 bridgehead atoms. The topological polar surface area (TPSA) is 109 Å². The Bertz CT molecular complexity index is 1240. The van der Waals surface area contributed by atoms with Crippen molar-refractivity contribution >= 4 is 27.2 Å². The van der Waals surface area contributed by atoms with Crippen LogP contribution in [0.3, 0.4) is 0 Å². The van der Waals surface area contributed by atoms with Crippen molar-refractivity contribution in [1.82, 2.24) is 15.0 Å². The molecule has 0 amide bonds.